The van der Waals surface area contributed by atoms with Crippen LogP contribution in [0.5, 0.6) is 0 Å². The molecule has 0 aromatic rings. The second kappa shape index (κ2) is 23.4. The van der Waals surface area contributed by atoms with Crippen LogP contribution < -0.4 is 0 Å². The van der Waals surface area contributed by atoms with Crippen molar-refractivity contribution in [3.63, 3.8) is 0 Å². The number of aliphatic carboxylic acids is 1. The number of carbonyl (C=O) groups is 3. The predicted octanol–water partition coefficient (Wildman–Crippen LogP) is 5.84. The van der Waals surface area contributed by atoms with Gasteiger partial charge in [-0.3, -0.25) is 18.9 Å². The fourth-order valence-corrected chi connectivity index (χ4v) is 3.88. The average molecular weight is 551 g/mol. The second-order valence-corrected chi connectivity index (χ2v) is 10.4. The van der Waals surface area contributed by atoms with E-state index in [2.05, 4.69) is 23.6 Å². The van der Waals surface area contributed by atoms with Gasteiger partial charge in [0.05, 0.1) is 6.61 Å². The number of unbranched alkanes of at least 4 members (excludes halogenated alkanes) is 11. The number of phosphoric ester groups is 1. The largest absolute Gasteiger partial charge is 0.481 e. The van der Waals surface area contributed by atoms with Gasteiger partial charge in [0.2, 0.25) is 0 Å². The fourth-order valence-electron chi connectivity index (χ4n) is 3.52. The molecular weight excluding hydrogens is 503 g/mol. The van der Waals surface area contributed by atoms with Crippen molar-refractivity contribution < 1.29 is 47.8 Å². The van der Waals surface area contributed by atoms with Gasteiger partial charge in [-0.2, -0.15) is 0 Å². The Morgan fingerprint density at radius 1 is 0.730 bits per heavy atom. The van der Waals surface area contributed by atoms with Crippen LogP contribution in [0.4, 0.5) is 0 Å². The molecule has 1 atom stereocenters. The smallest absolute Gasteiger partial charge is 0.469 e. The number of allylic oxidation sites excluding steroid dienone is 2. The number of phosphoric acid groups is 1. The zero-order valence-electron chi connectivity index (χ0n) is 22.3. The number of carboxylic acid groups (broad SMARTS) is 1. The summed E-state index contributed by atoms with van der Waals surface area (Å²) in [7, 11) is -4.80. The number of esters is 2. The maximum Gasteiger partial charge on any atom is 0.469 e. The summed E-state index contributed by atoms with van der Waals surface area (Å²) >= 11 is 0. The molecule has 0 saturated heterocycles. The molecule has 0 bridgehead atoms. The molecule has 0 saturated carbocycles. The van der Waals surface area contributed by atoms with E-state index in [1.807, 2.05) is 0 Å². The lowest BCUT2D eigenvalue weighted by Gasteiger charge is -2.18. The third kappa shape index (κ3) is 27.1. The van der Waals surface area contributed by atoms with Gasteiger partial charge in [0, 0.05) is 19.3 Å². The third-order valence-electron chi connectivity index (χ3n) is 5.57. The summed E-state index contributed by atoms with van der Waals surface area (Å²) in [5, 5.41) is 8.61. The van der Waals surface area contributed by atoms with Crippen molar-refractivity contribution in [2.24, 2.45) is 0 Å². The van der Waals surface area contributed by atoms with E-state index in [1.54, 1.807) is 0 Å². The zero-order valence-corrected chi connectivity index (χ0v) is 23.2. The van der Waals surface area contributed by atoms with E-state index in [-0.39, 0.29) is 25.7 Å². The third-order valence-corrected chi connectivity index (χ3v) is 6.06. The molecular formula is C26H47O10P. The van der Waals surface area contributed by atoms with E-state index in [0.29, 0.717) is 6.42 Å². The van der Waals surface area contributed by atoms with Crippen LogP contribution in [-0.2, 0) is 32.9 Å². The van der Waals surface area contributed by atoms with Crippen LogP contribution in [0.3, 0.4) is 0 Å². The van der Waals surface area contributed by atoms with Crippen molar-refractivity contribution in [2.75, 3.05) is 13.2 Å². The number of hydrogen-bond donors (Lipinski definition) is 3. The first-order chi connectivity index (χ1) is 17.6. The summed E-state index contributed by atoms with van der Waals surface area (Å²) in [6.45, 7) is 1.16. The van der Waals surface area contributed by atoms with Crippen molar-refractivity contribution in [2.45, 2.75) is 122 Å². The van der Waals surface area contributed by atoms with E-state index < -0.39 is 45.0 Å². The molecule has 0 spiro atoms. The predicted molar refractivity (Wildman–Crippen MR) is 140 cm³/mol. The van der Waals surface area contributed by atoms with Crippen molar-refractivity contribution in [3.8, 4) is 0 Å². The van der Waals surface area contributed by atoms with Crippen molar-refractivity contribution in [3.05, 3.63) is 12.2 Å². The first kappa shape index (κ1) is 35.3. The Kier molecular flexibility index (Phi) is 22.3. The summed E-state index contributed by atoms with van der Waals surface area (Å²) < 4.78 is 25.4. The molecule has 0 amide bonds. The fraction of sp³-hybridized carbons (Fsp3) is 0.808. The van der Waals surface area contributed by atoms with Gasteiger partial charge in [0.15, 0.2) is 6.10 Å². The monoisotopic (exact) mass is 550 g/mol. The molecule has 0 rings (SSSR count). The van der Waals surface area contributed by atoms with Crippen LogP contribution >= 0.6 is 7.82 Å². The molecule has 0 aromatic heterocycles. The number of ether oxygens (including phenoxy) is 2. The Hall–Kier alpha value is -1.74. The van der Waals surface area contributed by atoms with E-state index in [9.17, 15) is 18.9 Å². The SMILES string of the molecule is CCCCCCCC/C=C\CCCCCCCC(=O)OC[C@H](COP(=O)(O)O)OC(=O)CCCC(=O)O. The molecule has 0 radical (unpaired) electrons. The minimum Gasteiger partial charge on any atom is -0.481 e. The summed E-state index contributed by atoms with van der Waals surface area (Å²) in [5.41, 5.74) is 0. The van der Waals surface area contributed by atoms with Crippen LogP contribution in [0, 0.1) is 0 Å². The average Bonchev–Trinajstić information content (AvgIpc) is 2.82. The van der Waals surface area contributed by atoms with Crippen LogP contribution in [-0.4, -0.2) is 52.1 Å². The molecule has 37 heavy (non-hydrogen) atoms. The number of carbonyl (C=O) groups excluding carboxylic acids is 2. The molecule has 0 heterocycles. The number of rotatable bonds is 25. The first-order valence-corrected chi connectivity index (χ1v) is 15.1. The lowest BCUT2D eigenvalue weighted by molar-refractivity contribution is -0.161. The van der Waals surface area contributed by atoms with Crippen LogP contribution in [0.2, 0.25) is 0 Å². The van der Waals surface area contributed by atoms with Gasteiger partial charge < -0.3 is 24.4 Å². The van der Waals surface area contributed by atoms with Crippen molar-refractivity contribution in [1.29, 1.82) is 0 Å². The number of carboxylic acids is 1. The zero-order chi connectivity index (χ0) is 27.8. The summed E-state index contributed by atoms with van der Waals surface area (Å²) in [6.07, 6.45) is 18.1. The van der Waals surface area contributed by atoms with Crippen LogP contribution in [0.1, 0.15) is 116 Å². The Labute approximate surface area is 221 Å². The normalized spacial score (nSPS) is 12.5. The molecule has 10 nitrogen and oxygen atoms in total. The Morgan fingerprint density at radius 2 is 1.27 bits per heavy atom. The molecule has 0 aliphatic heterocycles. The highest BCUT2D eigenvalue weighted by molar-refractivity contribution is 7.46. The van der Waals surface area contributed by atoms with Gasteiger partial charge in [-0.05, 0) is 38.5 Å². The standard InChI is InChI=1S/C26H47O10P/c1-2-3-4-5-6-7-8-9-10-11-12-13-14-15-16-19-25(29)34-21-23(22-35-37(31,32)33)36-26(30)20-17-18-24(27)28/h9-10,23H,2-8,11-22H2,1H3,(H,27,28)(H2,31,32,33)/b10-9-/t23-/m1/s1. The van der Waals surface area contributed by atoms with Gasteiger partial charge in [-0.15, -0.1) is 0 Å². The topological polar surface area (TPSA) is 157 Å². The van der Waals surface area contributed by atoms with Gasteiger partial charge in [-0.25, -0.2) is 4.57 Å². The lowest BCUT2D eigenvalue weighted by Crippen LogP contribution is -2.29. The number of hydrogen-bond acceptors (Lipinski definition) is 7. The molecule has 0 aliphatic rings. The summed E-state index contributed by atoms with van der Waals surface area (Å²) in [5.74, 6) is -2.33. The maximum atomic E-state index is 12.0. The summed E-state index contributed by atoms with van der Waals surface area (Å²) in [4.78, 5) is 52.0. The van der Waals surface area contributed by atoms with Crippen molar-refractivity contribution in [1.82, 2.24) is 0 Å². The highest BCUT2D eigenvalue weighted by Gasteiger charge is 2.23. The molecule has 216 valence electrons. The Morgan fingerprint density at radius 3 is 1.84 bits per heavy atom. The van der Waals surface area contributed by atoms with Gasteiger partial charge in [0.1, 0.15) is 6.61 Å². The molecule has 0 unspecified atom stereocenters. The molecule has 0 fully saturated rings. The Balaban J connectivity index is 3.95. The highest BCUT2D eigenvalue weighted by Crippen LogP contribution is 2.35. The van der Waals surface area contributed by atoms with E-state index in [1.165, 1.54) is 38.5 Å². The molecule has 3 N–H and O–H groups in total. The lowest BCUT2D eigenvalue weighted by atomic mass is 10.1. The van der Waals surface area contributed by atoms with E-state index in [4.69, 9.17) is 24.4 Å². The van der Waals surface area contributed by atoms with Crippen molar-refractivity contribution >= 4 is 25.7 Å². The van der Waals surface area contributed by atoms with Gasteiger partial charge in [-0.1, -0.05) is 70.4 Å². The summed E-state index contributed by atoms with van der Waals surface area (Å²) in [6, 6.07) is 0. The van der Waals surface area contributed by atoms with Crippen LogP contribution in [0.15, 0.2) is 12.2 Å². The second-order valence-electron chi connectivity index (χ2n) is 9.16. The highest BCUT2D eigenvalue weighted by atomic mass is 31.2. The quantitative estimate of drug-likeness (QED) is 0.0546. The van der Waals surface area contributed by atoms with Crippen LogP contribution in [0.25, 0.3) is 0 Å². The minimum absolute atomic E-state index is 0.0511. The minimum atomic E-state index is -4.80. The Bertz CT molecular complexity index is 689. The van der Waals surface area contributed by atoms with Gasteiger partial charge >= 0.3 is 25.7 Å². The molecule has 0 aromatic carbocycles. The molecule has 0 aliphatic carbocycles. The maximum absolute atomic E-state index is 12.0. The van der Waals surface area contributed by atoms with E-state index in [0.717, 1.165) is 38.5 Å². The first-order valence-electron chi connectivity index (χ1n) is 13.6. The van der Waals surface area contributed by atoms with E-state index >= 15 is 0 Å². The molecule has 11 heteroatoms. The van der Waals surface area contributed by atoms with Gasteiger partial charge in [0.25, 0.3) is 0 Å².